The Labute approximate surface area is 103 Å². The van der Waals surface area contributed by atoms with Crippen molar-refractivity contribution in [1.29, 1.82) is 0 Å². The highest BCUT2D eigenvalue weighted by Crippen LogP contribution is 2.26. The van der Waals surface area contributed by atoms with Gasteiger partial charge in [0.05, 0.1) is 12.7 Å². The number of hydrogen-bond donors (Lipinski definition) is 1. The predicted molar refractivity (Wildman–Crippen MR) is 60.0 cm³/mol. The molecule has 0 spiro atoms. The van der Waals surface area contributed by atoms with Crippen molar-refractivity contribution in [1.82, 2.24) is 0 Å². The number of methoxy groups -OCH3 is 1. The van der Waals surface area contributed by atoms with Crippen LogP contribution >= 0.6 is 0 Å². The largest absolute Gasteiger partial charge is 0.465 e. The maximum atomic E-state index is 12.0. The van der Waals surface area contributed by atoms with Crippen LogP contribution < -0.4 is 5.73 Å². The fraction of sp³-hybridized carbons (Fsp3) is 0.417. The van der Waals surface area contributed by atoms with E-state index in [0.717, 1.165) is 0 Å². The summed E-state index contributed by atoms with van der Waals surface area (Å²) in [5, 5.41) is 0. The number of benzene rings is 1. The first kappa shape index (κ1) is 14.5. The van der Waals surface area contributed by atoms with E-state index < -0.39 is 24.6 Å². The van der Waals surface area contributed by atoms with Gasteiger partial charge in [-0.25, -0.2) is 4.79 Å². The Hall–Kier alpha value is -1.56. The van der Waals surface area contributed by atoms with Crippen LogP contribution in [0.15, 0.2) is 24.3 Å². The summed E-state index contributed by atoms with van der Waals surface area (Å²) in [4.78, 5) is 11.1. The van der Waals surface area contributed by atoms with Gasteiger partial charge < -0.3 is 10.5 Å². The molecular formula is C12H14F3NO2. The molecule has 0 aliphatic heterocycles. The SMILES string of the molecule is COC(=O)c1ccc(C(N)CCC(F)(F)F)cc1. The lowest BCUT2D eigenvalue weighted by Crippen LogP contribution is -2.16. The van der Waals surface area contributed by atoms with E-state index in [4.69, 9.17) is 5.73 Å². The molecule has 0 heterocycles. The molecule has 1 aromatic rings. The zero-order valence-electron chi connectivity index (χ0n) is 9.83. The summed E-state index contributed by atoms with van der Waals surface area (Å²) in [5.74, 6) is -0.495. The molecule has 0 saturated heterocycles. The van der Waals surface area contributed by atoms with Gasteiger partial charge in [-0.05, 0) is 24.1 Å². The van der Waals surface area contributed by atoms with Gasteiger partial charge in [-0.2, -0.15) is 13.2 Å². The molecule has 0 aliphatic rings. The van der Waals surface area contributed by atoms with Crippen LogP contribution in [0.25, 0.3) is 0 Å². The molecular weight excluding hydrogens is 247 g/mol. The molecule has 0 saturated carbocycles. The van der Waals surface area contributed by atoms with Crippen LogP contribution in [0.4, 0.5) is 13.2 Å². The van der Waals surface area contributed by atoms with E-state index in [0.29, 0.717) is 11.1 Å². The summed E-state index contributed by atoms with van der Waals surface area (Å²) >= 11 is 0. The number of rotatable bonds is 4. The van der Waals surface area contributed by atoms with Crippen LogP contribution in [0, 0.1) is 0 Å². The Bertz CT molecular complexity index is 401. The van der Waals surface area contributed by atoms with E-state index in [1.165, 1.54) is 31.4 Å². The van der Waals surface area contributed by atoms with Crippen LogP contribution in [-0.2, 0) is 4.74 Å². The van der Waals surface area contributed by atoms with Crippen molar-refractivity contribution in [2.24, 2.45) is 5.73 Å². The van der Waals surface area contributed by atoms with Crippen molar-refractivity contribution >= 4 is 5.97 Å². The Kier molecular flexibility index (Phi) is 4.72. The summed E-state index contributed by atoms with van der Waals surface area (Å²) in [5.41, 5.74) is 6.54. The topological polar surface area (TPSA) is 52.3 Å². The highest BCUT2D eigenvalue weighted by molar-refractivity contribution is 5.89. The second-order valence-corrected chi connectivity index (χ2v) is 3.87. The Morgan fingerprint density at radius 1 is 1.33 bits per heavy atom. The number of halogens is 3. The lowest BCUT2D eigenvalue weighted by Gasteiger charge is -2.13. The van der Waals surface area contributed by atoms with Crippen LogP contribution in [-0.4, -0.2) is 19.3 Å². The second kappa shape index (κ2) is 5.86. The molecule has 18 heavy (non-hydrogen) atoms. The number of alkyl halides is 3. The van der Waals surface area contributed by atoms with E-state index in [1.54, 1.807) is 0 Å². The molecule has 100 valence electrons. The molecule has 0 bridgehead atoms. The van der Waals surface area contributed by atoms with Gasteiger partial charge in [0, 0.05) is 12.5 Å². The quantitative estimate of drug-likeness (QED) is 0.848. The van der Waals surface area contributed by atoms with Crippen molar-refractivity contribution in [2.45, 2.75) is 25.1 Å². The van der Waals surface area contributed by atoms with Gasteiger partial charge in [-0.3, -0.25) is 0 Å². The van der Waals surface area contributed by atoms with Crippen molar-refractivity contribution in [2.75, 3.05) is 7.11 Å². The number of hydrogen-bond acceptors (Lipinski definition) is 3. The zero-order chi connectivity index (χ0) is 13.8. The van der Waals surface area contributed by atoms with E-state index in [9.17, 15) is 18.0 Å². The lowest BCUT2D eigenvalue weighted by molar-refractivity contribution is -0.136. The second-order valence-electron chi connectivity index (χ2n) is 3.87. The first-order valence-electron chi connectivity index (χ1n) is 5.34. The molecule has 0 fully saturated rings. The highest BCUT2D eigenvalue weighted by Gasteiger charge is 2.27. The summed E-state index contributed by atoms with van der Waals surface area (Å²) in [6.45, 7) is 0. The summed E-state index contributed by atoms with van der Waals surface area (Å²) < 4.78 is 40.6. The van der Waals surface area contributed by atoms with Gasteiger partial charge in [0.1, 0.15) is 0 Å². The van der Waals surface area contributed by atoms with Gasteiger partial charge in [0.15, 0.2) is 0 Å². The van der Waals surface area contributed by atoms with Crippen LogP contribution in [0.1, 0.15) is 34.8 Å². The van der Waals surface area contributed by atoms with E-state index >= 15 is 0 Å². The number of carbonyl (C=O) groups excluding carboxylic acids is 1. The van der Waals surface area contributed by atoms with Gasteiger partial charge in [-0.15, -0.1) is 0 Å². The molecule has 1 unspecified atom stereocenters. The molecule has 0 amide bonds. The van der Waals surface area contributed by atoms with Gasteiger partial charge in [0.2, 0.25) is 0 Å². The van der Waals surface area contributed by atoms with Crippen LogP contribution in [0.5, 0.6) is 0 Å². The first-order valence-corrected chi connectivity index (χ1v) is 5.34. The fourth-order valence-corrected chi connectivity index (χ4v) is 1.47. The molecule has 1 aromatic carbocycles. The van der Waals surface area contributed by atoms with Crippen LogP contribution in [0.3, 0.4) is 0 Å². The number of esters is 1. The van der Waals surface area contributed by atoms with Gasteiger partial charge >= 0.3 is 12.1 Å². The third-order valence-corrected chi connectivity index (χ3v) is 2.50. The summed E-state index contributed by atoms with van der Waals surface area (Å²) in [6.07, 6.45) is -5.31. The van der Waals surface area contributed by atoms with Crippen molar-refractivity contribution in [3.63, 3.8) is 0 Å². The van der Waals surface area contributed by atoms with E-state index in [2.05, 4.69) is 4.74 Å². The number of ether oxygens (including phenoxy) is 1. The summed E-state index contributed by atoms with van der Waals surface area (Å²) in [7, 11) is 1.26. The number of nitrogens with two attached hydrogens (primary N) is 1. The zero-order valence-corrected chi connectivity index (χ0v) is 9.83. The Morgan fingerprint density at radius 3 is 2.33 bits per heavy atom. The lowest BCUT2D eigenvalue weighted by atomic mass is 10.0. The standard InChI is InChI=1S/C12H14F3NO2/c1-18-11(17)9-4-2-8(3-5-9)10(16)6-7-12(13,14)15/h2-5,10H,6-7,16H2,1H3. The first-order chi connectivity index (χ1) is 8.33. The molecule has 1 atom stereocenters. The molecule has 2 N–H and O–H groups in total. The minimum Gasteiger partial charge on any atom is -0.465 e. The van der Waals surface area contributed by atoms with E-state index in [1.807, 2.05) is 0 Å². The number of carbonyl (C=O) groups is 1. The van der Waals surface area contributed by atoms with E-state index in [-0.39, 0.29) is 6.42 Å². The smallest absolute Gasteiger partial charge is 0.389 e. The van der Waals surface area contributed by atoms with Gasteiger partial charge in [-0.1, -0.05) is 12.1 Å². The van der Waals surface area contributed by atoms with Crippen molar-refractivity contribution < 1.29 is 22.7 Å². The molecule has 6 heteroatoms. The third kappa shape index (κ3) is 4.37. The molecule has 3 nitrogen and oxygen atoms in total. The maximum absolute atomic E-state index is 12.0. The Morgan fingerprint density at radius 2 is 1.89 bits per heavy atom. The van der Waals surface area contributed by atoms with Crippen molar-refractivity contribution in [3.8, 4) is 0 Å². The molecule has 1 rings (SSSR count). The Balaban J connectivity index is 2.64. The maximum Gasteiger partial charge on any atom is 0.389 e. The molecule has 0 radical (unpaired) electrons. The normalized spacial score (nSPS) is 13.2. The fourth-order valence-electron chi connectivity index (χ4n) is 1.47. The minimum absolute atomic E-state index is 0.179. The summed E-state index contributed by atoms with van der Waals surface area (Å²) in [6, 6.07) is 5.34. The van der Waals surface area contributed by atoms with Gasteiger partial charge in [0.25, 0.3) is 0 Å². The van der Waals surface area contributed by atoms with Crippen molar-refractivity contribution in [3.05, 3.63) is 35.4 Å². The third-order valence-electron chi connectivity index (χ3n) is 2.50. The highest BCUT2D eigenvalue weighted by atomic mass is 19.4. The minimum atomic E-state index is -4.20. The van der Waals surface area contributed by atoms with Crippen LogP contribution in [0.2, 0.25) is 0 Å². The molecule has 0 aromatic heterocycles. The average molecular weight is 261 g/mol. The monoisotopic (exact) mass is 261 g/mol. The average Bonchev–Trinajstić information content (AvgIpc) is 2.34. The predicted octanol–water partition coefficient (Wildman–Crippen LogP) is 2.82. The molecule has 0 aliphatic carbocycles.